The van der Waals surface area contributed by atoms with Crippen LogP contribution in [0.25, 0.3) is 10.4 Å². The number of benzene rings is 1. The number of amides is 1. The summed E-state index contributed by atoms with van der Waals surface area (Å²) in [7, 11) is 0. The first-order chi connectivity index (χ1) is 15.0. The molecule has 2 N–H and O–H groups in total. The average molecular weight is 506 g/mol. The largest absolute Gasteiger partial charge is 0.389 e. The van der Waals surface area contributed by atoms with Crippen LogP contribution in [0.1, 0.15) is 34.8 Å². The smallest absolute Gasteiger partial charge is 0.274 e. The highest BCUT2D eigenvalue weighted by molar-refractivity contribution is 9.10. The van der Waals surface area contributed by atoms with Gasteiger partial charge in [0.25, 0.3) is 5.91 Å². The second-order valence-electron chi connectivity index (χ2n) is 7.20. The minimum Gasteiger partial charge on any atom is -0.389 e. The van der Waals surface area contributed by atoms with Crippen LogP contribution in [-0.2, 0) is 6.61 Å². The fourth-order valence-electron chi connectivity index (χ4n) is 3.60. The molecule has 0 unspecified atom stereocenters. The van der Waals surface area contributed by atoms with Crippen LogP contribution < -0.4 is 5.32 Å². The number of aromatic nitrogens is 3. The fraction of sp³-hybridized carbons (Fsp3) is 0.333. The molecular formula is C21H21BrFN5O2S. The molecule has 162 valence electrons. The highest BCUT2D eigenvalue weighted by Crippen LogP contribution is 2.33. The number of nitrogens with one attached hydrogen (secondary N) is 1. The number of carbonyl (C=O) groups excluding carboxylic acids is 1. The summed E-state index contributed by atoms with van der Waals surface area (Å²) in [6.45, 7) is 0.898. The summed E-state index contributed by atoms with van der Waals surface area (Å²) < 4.78 is 14.2. The van der Waals surface area contributed by atoms with Gasteiger partial charge < -0.3 is 15.3 Å². The molecule has 0 saturated carbocycles. The van der Waals surface area contributed by atoms with Crippen LogP contribution in [0.15, 0.2) is 41.1 Å². The predicted octanol–water partition coefficient (Wildman–Crippen LogP) is 4.10. The average Bonchev–Trinajstić information content (AvgIpc) is 3.23. The Kier molecular flexibility index (Phi) is 6.89. The predicted molar refractivity (Wildman–Crippen MR) is 120 cm³/mol. The van der Waals surface area contributed by atoms with Crippen molar-refractivity contribution in [2.45, 2.75) is 31.9 Å². The van der Waals surface area contributed by atoms with Crippen molar-refractivity contribution in [3.05, 3.63) is 57.7 Å². The molecule has 1 atom stereocenters. The van der Waals surface area contributed by atoms with Gasteiger partial charge in [-0.3, -0.25) is 4.79 Å². The molecule has 1 aromatic carbocycles. The molecule has 0 radical (unpaired) electrons. The van der Waals surface area contributed by atoms with Crippen LogP contribution in [0.5, 0.6) is 0 Å². The number of hydrogen-bond acceptors (Lipinski definition) is 7. The van der Waals surface area contributed by atoms with E-state index in [0.29, 0.717) is 40.2 Å². The minimum absolute atomic E-state index is 0.0335. The van der Waals surface area contributed by atoms with Gasteiger partial charge in [0, 0.05) is 31.5 Å². The SMILES string of the molecule is O=C(c1nc(CO)sc1-c1ccc(F)cc1)N1CCCC[C@H]1CNc1ncc(Br)cn1. The van der Waals surface area contributed by atoms with Crippen molar-refractivity contribution in [2.24, 2.45) is 0 Å². The molecule has 1 aliphatic rings. The van der Waals surface area contributed by atoms with E-state index in [-0.39, 0.29) is 24.4 Å². The van der Waals surface area contributed by atoms with Crippen LogP contribution in [0.2, 0.25) is 0 Å². The van der Waals surface area contributed by atoms with Gasteiger partial charge in [0.2, 0.25) is 5.95 Å². The van der Waals surface area contributed by atoms with E-state index in [1.165, 1.54) is 23.5 Å². The second-order valence-corrected chi connectivity index (χ2v) is 9.20. The van der Waals surface area contributed by atoms with E-state index in [9.17, 15) is 14.3 Å². The highest BCUT2D eigenvalue weighted by Gasteiger charge is 2.31. The maximum Gasteiger partial charge on any atom is 0.274 e. The second kappa shape index (κ2) is 9.80. The van der Waals surface area contributed by atoms with Gasteiger partial charge in [-0.2, -0.15) is 0 Å². The number of halogens is 2. The molecule has 1 amide bonds. The van der Waals surface area contributed by atoms with Gasteiger partial charge in [0.1, 0.15) is 16.5 Å². The molecular weight excluding hydrogens is 485 g/mol. The number of likely N-dealkylation sites (tertiary alicyclic amines) is 1. The molecule has 2 aromatic heterocycles. The lowest BCUT2D eigenvalue weighted by molar-refractivity contribution is 0.0623. The number of anilines is 1. The molecule has 7 nitrogen and oxygen atoms in total. The number of nitrogens with zero attached hydrogens (tertiary/aromatic N) is 4. The van der Waals surface area contributed by atoms with Crippen molar-refractivity contribution in [1.29, 1.82) is 0 Å². The molecule has 0 aliphatic carbocycles. The molecule has 0 spiro atoms. The van der Waals surface area contributed by atoms with E-state index in [0.717, 1.165) is 23.7 Å². The first-order valence-electron chi connectivity index (χ1n) is 9.94. The van der Waals surface area contributed by atoms with Gasteiger partial charge in [-0.05, 0) is 52.9 Å². The Morgan fingerprint density at radius 1 is 1.26 bits per heavy atom. The number of hydrogen-bond donors (Lipinski definition) is 2. The lowest BCUT2D eigenvalue weighted by Crippen LogP contribution is -2.47. The Morgan fingerprint density at radius 3 is 2.71 bits per heavy atom. The standard InChI is InChI=1S/C21H21BrFN5O2S/c22-14-9-24-21(25-10-14)26-11-16-3-1-2-8-28(16)20(30)18-19(31-17(12-29)27-18)13-4-6-15(23)7-5-13/h4-7,9-10,16,29H,1-3,8,11-12H2,(H,24,25,26)/t16-/m0/s1. The third kappa shape index (κ3) is 5.08. The molecule has 31 heavy (non-hydrogen) atoms. The maximum absolute atomic E-state index is 13.5. The Hall–Kier alpha value is -2.43. The van der Waals surface area contributed by atoms with Gasteiger partial charge >= 0.3 is 0 Å². The quantitative estimate of drug-likeness (QED) is 0.523. The molecule has 1 fully saturated rings. The van der Waals surface area contributed by atoms with Gasteiger partial charge in [-0.1, -0.05) is 12.1 Å². The van der Waals surface area contributed by atoms with Crippen molar-refractivity contribution < 1.29 is 14.3 Å². The van der Waals surface area contributed by atoms with E-state index < -0.39 is 0 Å². The summed E-state index contributed by atoms with van der Waals surface area (Å²) in [6, 6.07) is 5.93. The maximum atomic E-state index is 13.5. The van der Waals surface area contributed by atoms with Crippen LogP contribution >= 0.6 is 27.3 Å². The van der Waals surface area contributed by atoms with Gasteiger partial charge in [0.05, 0.1) is 16.0 Å². The van der Waals surface area contributed by atoms with Crippen molar-refractivity contribution in [1.82, 2.24) is 19.9 Å². The van der Waals surface area contributed by atoms with E-state index in [2.05, 4.69) is 36.2 Å². The Bertz CT molecular complexity index is 1040. The van der Waals surface area contributed by atoms with Crippen LogP contribution in [0.4, 0.5) is 10.3 Å². The van der Waals surface area contributed by atoms with Gasteiger partial charge in [-0.15, -0.1) is 11.3 Å². The monoisotopic (exact) mass is 505 g/mol. The first kappa shape index (κ1) is 21.8. The van der Waals surface area contributed by atoms with Crippen molar-refractivity contribution >= 4 is 39.1 Å². The Balaban J connectivity index is 1.57. The van der Waals surface area contributed by atoms with E-state index in [1.807, 2.05) is 4.90 Å². The van der Waals surface area contributed by atoms with Crippen LogP contribution in [0, 0.1) is 5.82 Å². The first-order valence-corrected chi connectivity index (χ1v) is 11.5. The highest BCUT2D eigenvalue weighted by atomic mass is 79.9. The third-order valence-corrected chi connectivity index (χ3v) is 6.62. The van der Waals surface area contributed by atoms with Crippen LogP contribution in [-0.4, -0.2) is 50.0 Å². The fourth-order valence-corrected chi connectivity index (χ4v) is 4.73. The zero-order valence-electron chi connectivity index (χ0n) is 16.6. The number of aliphatic hydroxyl groups excluding tert-OH is 1. The lowest BCUT2D eigenvalue weighted by atomic mass is 10.0. The molecule has 1 aliphatic heterocycles. The third-order valence-electron chi connectivity index (χ3n) is 5.12. The molecule has 3 heterocycles. The number of rotatable bonds is 6. The summed E-state index contributed by atoms with van der Waals surface area (Å²) in [5.74, 6) is -0.0243. The minimum atomic E-state index is -0.346. The van der Waals surface area contributed by atoms with E-state index in [1.54, 1.807) is 24.5 Å². The molecule has 1 saturated heterocycles. The number of piperidine rings is 1. The van der Waals surface area contributed by atoms with Gasteiger partial charge in [0.15, 0.2) is 0 Å². The van der Waals surface area contributed by atoms with E-state index in [4.69, 9.17) is 0 Å². The Labute approximate surface area is 191 Å². The Morgan fingerprint density at radius 2 is 2.00 bits per heavy atom. The van der Waals surface area contributed by atoms with Gasteiger partial charge in [-0.25, -0.2) is 19.3 Å². The van der Waals surface area contributed by atoms with E-state index >= 15 is 0 Å². The molecule has 10 heteroatoms. The summed E-state index contributed by atoms with van der Waals surface area (Å²) in [4.78, 5) is 28.8. The number of thiazole rings is 1. The zero-order valence-corrected chi connectivity index (χ0v) is 19.0. The molecule has 0 bridgehead atoms. The summed E-state index contributed by atoms with van der Waals surface area (Å²) >= 11 is 4.57. The van der Waals surface area contributed by atoms with Crippen LogP contribution in [0.3, 0.4) is 0 Å². The molecule has 4 rings (SSSR count). The normalized spacial score (nSPS) is 16.4. The number of aliphatic hydroxyl groups is 1. The summed E-state index contributed by atoms with van der Waals surface area (Å²) in [5.41, 5.74) is 1.00. The lowest BCUT2D eigenvalue weighted by Gasteiger charge is -2.35. The summed E-state index contributed by atoms with van der Waals surface area (Å²) in [6.07, 6.45) is 6.14. The van der Waals surface area contributed by atoms with Crippen molar-refractivity contribution in [3.8, 4) is 10.4 Å². The number of carbonyl (C=O) groups is 1. The summed E-state index contributed by atoms with van der Waals surface area (Å²) in [5, 5.41) is 13.2. The topological polar surface area (TPSA) is 91.2 Å². The van der Waals surface area contributed by atoms with Crippen molar-refractivity contribution in [2.75, 3.05) is 18.4 Å². The van der Waals surface area contributed by atoms with Crippen molar-refractivity contribution in [3.63, 3.8) is 0 Å². The molecule has 3 aromatic rings. The zero-order chi connectivity index (χ0) is 21.8.